The average molecular weight is 357 g/mol. The third-order valence-corrected chi connectivity index (χ3v) is 3.70. The van der Waals surface area contributed by atoms with Crippen molar-refractivity contribution < 1.29 is 18.0 Å². The van der Waals surface area contributed by atoms with Crippen molar-refractivity contribution in [2.24, 2.45) is 0 Å². The van der Waals surface area contributed by atoms with E-state index < -0.39 is 17.6 Å². The maximum Gasteiger partial charge on any atom is 0.418 e. The number of alkyl halides is 3. The van der Waals surface area contributed by atoms with E-state index in [1.54, 1.807) is 0 Å². The summed E-state index contributed by atoms with van der Waals surface area (Å²) in [7, 11) is 0. The molecule has 0 atom stereocenters. The largest absolute Gasteiger partial charge is 0.418 e. The van der Waals surface area contributed by atoms with Crippen LogP contribution in [-0.4, -0.2) is 12.5 Å². The lowest BCUT2D eigenvalue weighted by Crippen LogP contribution is -2.24. The molecule has 2 rings (SSSR count). The minimum atomic E-state index is -4.60. The van der Waals surface area contributed by atoms with Crippen molar-refractivity contribution in [2.45, 2.75) is 20.0 Å². The van der Waals surface area contributed by atoms with Gasteiger partial charge in [-0.15, -0.1) is 0 Å². The molecule has 0 aromatic heterocycles. The molecule has 0 aliphatic rings. The highest BCUT2D eigenvalue weighted by atomic mass is 35.5. The summed E-state index contributed by atoms with van der Waals surface area (Å²) in [6, 6.07) is 8.88. The third kappa shape index (κ3) is 4.41. The lowest BCUT2D eigenvalue weighted by atomic mass is 10.1. The molecule has 3 nitrogen and oxygen atoms in total. The Kier molecular flexibility index (Phi) is 5.39. The maximum atomic E-state index is 13.0. The topological polar surface area (TPSA) is 41.1 Å². The van der Waals surface area contributed by atoms with Crippen LogP contribution in [0.4, 0.5) is 24.5 Å². The fourth-order valence-electron chi connectivity index (χ4n) is 2.32. The summed E-state index contributed by atoms with van der Waals surface area (Å²) < 4.78 is 39.0. The van der Waals surface area contributed by atoms with Gasteiger partial charge < -0.3 is 10.6 Å². The summed E-state index contributed by atoms with van der Waals surface area (Å²) >= 11 is 5.61. The van der Waals surface area contributed by atoms with E-state index in [2.05, 4.69) is 10.6 Å². The van der Waals surface area contributed by atoms with Gasteiger partial charge in [-0.3, -0.25) is 4.79 Å². The molecular weight excluding hydrogens is 341 g/mol. The van der Waals surface area contributed by atoms with E-state index in [4.69, 9.17) is 11.6 Å². The van der Waals surface area contributed by atoms with Crippen molar-refractivity contribution in [1.29, 1.82) is 0 Å². The average Bonchev–Trinajstić information content (AvgIpc) is 2.47. The van der Waals surface area contributed by atoms with Crippen LogP contribution in [0.3, 0.4) is 0 Å². The summed E-state index contributed by atoms with van der Waals surface area (Å²) in [6.45, 7) is 3.62. The lowest BCUT2D eigenvalue weighted by molar-refractivity contribution is -0.137. The number of rotatable bonds is 4. The van der Waals surface area contributed by atoms with Crippen LogP contribution >= 0.6 is 11.6 Å². The van der Waals surface area contributed by atoms with Gasteiger partial charge in [0.1, 0.15) is 0 Å². The van der Waals surface area contributed by atoms with Gasteiger partial charge in [-0.1, -0.05) is 29.8 Å². The van der Waals surface area contributed by atoms with Gasteiger partial charge in [0.25, 0.3) is 0 Å². The van der Waals surface area contributed by atoms with Crippen molar-refractivity contribution in [1.82, 2.24) is 0 Å². The molecular formula is C17H16ClF3N2O. The molecule has 0 aliphatic carbocycles. The van der Waals surface area contributed by atoms with Crippen LogP contribution in [0.15, 0.2) is 36.4 Å². The van der Waals surface area contributed by atoms with Crippen LogP contribution in [0.2, 0.25) is 5.02 Å². The van der Waals surface area contributed by atoms with E-state index in [9.17, 15) is 18.0 Å². The number of aryl methyl sites for hydroxylation is 2. The first-order valence-corrected chi connectivity index (χ1v) is 7.53. The molecule has 1 amide bonds. The first-order chi connectivity index (χ1) is 11.2. The van der Waals surface area contributed by atoms with Gasteiger partial charge in [0.05, 0.1) is 17.8 Å². The highest BCUT2D eigenvalue weighted by Gasteiger charge is 2.34. The van der Waals surface area contributed by atoms with Gasteiger partial charge in [-0.2, -0.15) is 13.2 Å². The van der Waals surface area contributed by atoms with Gasteiger partial charge in [0.2, 0.25) is 5.91 Å². The summed E-state index contributed by atoms with van der Waals surface area (Å²) in [5, 5.41) is 5.18. The third-order valence-electron chi connectivity index (χ3n) is 3.47. The minimum Gasteiger partial charge on any atom is -0.376 e. The molecule has 2 N–H and O–H groups in total. The number of carbonyl (C=O) groups is 1. The number of anilines is 2. The molecule has 2 aromatic carbocycles. The molecule has 0 saturated heterocycles. The summed E-state index contributed by atoms with van der Waals surface area (Å²) in [5.41, 5.74) is 1.39. The second-order valence-corrected chi connectivity index (χ2v) is 5.79. The molecule has 0 fully saturated rings. The molecule has 128 valence electrons. The second kappa shape index (κ2) is 7.13. The van der Waals surface area contributed by atoms with Crippen LogP contribution in [0.5, 0.6) is 0 Å². The van der Waals surface area contributed by atoms with E-state index in [0.29, 0.717) is 0 Å². The van der Waals surface area contributed by atoms with Crippen LogP contribution < -0.4 is 10.6 Å². The Morgan fingerprint density at radius 2 is 1.75 bits per heavy atom. The standard InChI is InChI=1S/C17H16ClF3N2O/c1-10-4-3-5-11(2)16(10)22-9-15(24)23-14-7-6-12(18)8-13(14)17(19,20)21/h3-8,22H,9H2,1-2H3,(H,23,24). The van der Waals surface area contributed by atoms with Crippen LogP contribution in [0.25, 0.3) is 0 Å². The SMILES string of the molecule is Cc1cccc(C)c1NCC(=O)Nc1ccc(Cl)cc1C(F)(F)F. The Labute approximate surface area is 142 Å². The molecule has 2 aromatic rings. The molecule has 0 spiro atoms. The summed E-state index contributed by atoms with van der Waals surface area (Å²) in [5.74, 6) is -0.578. The predicted octanol–water partition coefficient (Wildman–Crippen LogP) is 5.03. The zero-order valence-electron chi connectivity index (χ0n) is 13.1. The second-order valence-electron chi connectivity index (χ2n) is 5.36. The fourth-order valence-corrected chi connectivity index (χ4v) is 2.49. The van der Waals surface area contributed by atoms with Crippen molar-refractivity contribution in [3.63, 3.8) is 0 Å². The Balaban J connectivity index is 2.11. The zero-order valence-corrected chi connectivity index (χ0v) is 13.8. The number of benzene rings is 2. The Hall–Kier alpha value is -2.21. The molecule has 7 heteroatoms. The molecule has 0 heterocycles. The number of hydrogen-bond donors (Lipinski definition) is 2. The molecule has 0 saturated carbocycles. The smallest absolute Gasteiger partial charge is 0.376 e. The van der Waals surface area contributed by atoms with Crippen molar-refractivity contribution in [3.05, 3.63) is 58.1 Å². The fraction of sp³-hybridized carbons (Fsp3) is 0.235. The molecule has 0 radical (unpaired) electrons. The predicted molar refractivity (Wildman–Crippen MR) is 89.5 cm³/mol. The van der Waals surface area contributed by atoms with Gasteiger partial charge in [-0.05, 0) is 43.2 Å². The summed E-state index contributed by atoms with van der Waals surface area (Å²) in [4.78, 5) is 12.0. The number of amides is 1. The molecule has 0 aliphatic heterocycles. The number of halogens is 4. The number of para-hydroxylation sites is 1. The zero-order chi connectivity index (χ0) is 17.9. The van der Waals surface area contributed by atoms with E-state index >= 15 is 0 Å². The van der Waals surface area contributed by atoms with Crippen LogP contribution in [0, 0.1) is 13.8 Å². The van der Waals surface area contributed by atoms with Gasteiger partial charge in [0.15, 0.2) is 0 Å². The number of hydrogen-bond acceptors (Lipinski definition) is 2. The van der Waals surface area contributed by atoms with E-state index in [1.807, 2.05) is 32.0 Å². The van der Waals surface area contributed by atoms with Crippen molar-refractivity contribution in [2.75, 3.05) is 17.2 Å². The molecule has 24 heavy (non-hydrogen) atoms. The van der Waals surface area contributed by atoms with Crippen LogP contribution in [0.1, 0.15) is 16.7 Å². The summed E-state index contributed by atoms with van der Waals surface area (Å²) in [6.07, 6.45) is -4.60. The van der Waals surface area contributed by atoms with Gasteiger partial charge in [0, 0.05) is 10.7 Å². The Morgan fingerprint density at radius 3 is 2.33 bits per heavy atom. The number of carbonyl (C=O) groups excluding carboxylic acids is 1. The van der Waals surface area contributed by atoms with Gasteiger partial charge >= 0.3 is 6.18 Å². The first-order valence-electron chi connectivity index (χ1n) is 7.15. The highest BCUT2D eigenvalue weighted by Crippen LogP contribution is 2.36. The maximum absolute atomic E-state index is 13.0. The van der Waals surface area contributed by atoms with E-state index in [-0.39, 0.29) is 17.3 Å². The Morgan fingerprint density at radius 1 is 1.12 bits per heavy atom. The molecule has 0 bridgehead atoms. The van der Waals surface area contributed by atoms with Crippen molar-refractivity contribution in [3.8, 4) is 0 Å². The van der Waals surface area contributed by atoms with Crippen molar-refractivity contribution >= 4 is 28.9 Å². The monoisotopic (exact) mass is 356 g/mol. The minimum absolute atomic E-state index is 0.0472. The van der Waals surface area contributed by atoms with Gasteiger partial charge in [-0.25, -0.2) is 0 Å². The quantitative estimate of drug-likeness (QED) is 0.807. The molecule has 0 unspecified atom stereocenters. The highest BCUT2D eigenvalue weighted by molar-refractivity contribution is 6.30. The Bertz CT molecular complexity index is 740. The first kappa shape index (κ1) is 18.1. The van der Waals surface area contributed by atoms with E-state index in [0.717, 1.165) is 28.9 Å². The van der Waals surface area contributed by atoms with E-state index in [1.165, 1.54) is 6.07 Å². The lowest BCUT2D eigenvalue weighted by Gasteiger charge is -2.15. The normalized spacial score (nSPS) is 11.2. The number of nitrogens with one attached hydrogen (secondary N) is 2. The van der Waals surface area contributed by atoms with Crippen LogP contribution in [-0.2, 0) is 11.0 Å².